The predicted octanol–water partition coefficient (Wildman–Crippen LogP) is 0.475. The first-order valence-corrected chi connectivity index (χ1v) is 4.41. The second kappa shape index (κ2) is 3.96. The van der Waals surface area contributed by atoms with Gasteiger partial charge >= 0.3 is 11.9 Å². The molecule has 1 rings (SSSR count). The molecule has 0 spiro atoms. The van der Waals surface area contributed by atoms with Gasteiger partial charge in [0, 0.05) is 27.6 Å². The molecule has 1 fully saturated rings. The normalized spacial score (nSPS) is 21.6. The molecule has 0 unspecified atom stereocenters. The van der Waals surface area contributed by atoms with Crippen LogP contribution in [-0.2, 0) is 23.8 Å². The maximum Gasteiger partial charge on any atom is 0.323 e. The van der Waals surface area contributed by atoms with Crippen molar-refractivity contribution in [1.29, 1.82) is 0 Å². The van der Waals surface area contributed by atoms with Gasteiger partial charge in [0.1, 0.15) is 0 Å². The fourth-order valence-electron chi connectivity index (χ4n) is 1.22. The lowest BCUT2D eigenvalue weighted by Crippen LogP contribution is -2.46. The largest absolute Gasteiger partial charge is 0.422 e. The lowest BCUT2D eigenvalue weighted by atomic mass is 10.1. The molecule has 0 bridgehead atoms. The van der Waals surface area contributed by atoms with Crippen LogP contribution in [0.4, 0.5) is 0 Å². The zero-order valence-corrected chi connectivity index (χ0v) is 8.53. The van der Waals surface area contributed by atoms with Crippen molar-refractivity contribution in [2.45, 2.75) is 26.1 Å². The molecule has 1 aliphatic rings. The highest BCUT2D eigenvalue weighted by Crippen LogP contribution is 2.24. The topological polar surface area (TPSA) is 61.8 Å². The maximum atomic E-state index is 11.3. The minimum absolute atomic E-state index is 0.296. The van der Waals surface area contributed by atoms with E-state index in [9.17, 15) is 9.59 Å². The number of esters is 2. The molecule has 5 nitrogen and oxygen atoms in total. The zero-order chi connectivity index (χ0) is 10.8. The molecule has 0 aliphatic carbocycles. The van der Waals surface area contributed by atoms with E-state index in [1.54, 1.807) is 0 Å². The molecule has 0 saturated carbocycles. The Morgan fingerprint density at radius 2 is 1.79 bits per heavy atom. The first-order valence-electron chi connectivity index (χ1n) is 4.41. The first-order chi connectivity index (χ1) is 6.46. The summed E-state index contributed by atoms with van der Waals surface area (Å²) in [5.74, 6) is -3.06. The monoisotopic (exact) mass is 202 g/mol. The second-order valence-electron chi connectivity index (χ2n) is 3.58. The van der Waals surface area contributed by atoms with Gasteiger partial charge in [-0.2, -0.15) is 0 Å². The minimum Gasteiger partial charge on any atom is -0.422 e. The number of cyclic esters (lactones) is 2. The van der Waals surface area contributed by atoms with Gasteiger partial charge < -0.3 is 14.2 Å². The van der Waals surface area contributed by atoms with Crippen molar-refractivity contribution >= 4 is 11.9 Å². The third kappa shape index (κ3) is 2.45. The third-order valence-corrected chi connectivity index (χ3v) is 1.87. The summed E-state index contributed by atoms with van der Waals surface area (Å²) in [6.07, 6.45) is 0.296. The van der Waals surface area contributed by atoms with Crippen LogP contribution in [0.2, 0.25) is 0 Å². The van der Waals surface area contributed by atoms with Crippen molar-refractivity contribution in [3.05, 3.63) is 0 Å². The van der Waals surface area contributed by atoms with E-state index in [1.165, 1.54) is 21.0 Å². The lowest BCUT2D eigenvalue weighted by molar-refractivity contribution is -0.240. The van der Waals surface area contributed by atoms with E-state index in [0.29, 0.717) is 13.0 Å². The highest BCUT2D eigenvalue weighted by Gasteiger charge is 2.42. The Hall–Kier alpha value is -1.10. The second-order valence-corrected chi connectivity index (χ2v) is 3.58. The van der Waals surface area contributed by atoms with Gasteiger partial charge in [-0.05, 0) is 6.42 Å². The summed E-state index contributed by atoms with van der Waals surface area (Å²) in [5, 5.41) is 0. The fraction of sp³-hybridized carbons (Fsp3) is 0.778. The number of hydrogen-bond donors (Lipinski definition) is 0. The number of hydrogen-bond acceptors (Lipinski definition) is 5. The summed E-state index contributed by atoms with van der Waals surface area (Å²) >= 11 is 0. The Morgan fingerprint density at radius 1 is 1.29 bits per heavy atom. The van der Waals surface area contributed by atoms with Crippen LogP contribution in [0.3, 0.4) is 0 Å². The van der Waals surface area contributed by atoms with E-state index >= 15 is 0 Å². The summed E-state index contributed by atoms with van der Waals surface area (Å²) in [6.45, 7) is 3.37. The summed E-state index contributed by atoms with van der Waals surface area (Å²) < 4.78 is 14.6. The van der Waals surface area contributed by atoms with Gasteiger partial charge in [-0.1, -0.05) is 0 Å². The highest BCUT2D eigenvalue weighted by molar-refractivity contribution is 5.96. The number of carbonyl (C=O) groups excluding carboxylic acids is 2. The van der Waals surface area contributed by atoms with Gasteiger partial charge in [-0.15, -0.1) is 0 Å². The van der Waals surface area contributed by atoms with E-state index < -0.39 is 23.6 Å². The van der Waals surface area contributed by atoms with Crippen LogP contribution in [0.5, 0.6) is 0 Å². The molecule has 0 N–H and O–H groups in total. The fourth-order valence-corrected chi connectivity index (χ4v) is 1.22. The van der Waals surface area contributed by atoms with E-state index in [0.717, 1.165) is 0 Å². The Kier molecular flexibility index (Phi) is 3.10. The van der Waals surface area contributed by atoms with Gasteiger partial charge in [0.2, 0.25) is 0 Å². The molecule has 1 aliphatic heterocycles. The smallest absolute Gasteiger partial charge is 0.323 e. The maximum absolute atomic E-state index is 11.3. The van der Waals surface area contributed by atoms with Crippen molar-refractivity contribution in [3.63, 3.8) is 0 Å². The van der Waals surface area contributed by atoms with Gasteiger partial charge in [0.15, 0.2) is 5.92 Å². The molecule has 5 heteroatoms. The van der Waals surface area contributed by atoms with E-state index in [1.807, 2.05) is 0 Å². The lowest BCUT2D eigenvalue weighted by Gasteiger charge is -2.32. The van der Waals surface area contributed by atoms with Crippen LogP contribution >= 0.6 is 0 Å². The standard InChI is InChI=1S/C9H14O5/c1-9(2)13-7(10)6(4-5-12-3)8(11)14-9/h6H,4-5H2,1-3H3. The molecule has 0 atom stereocenters. The molecular weight excluding hydrogens is 188 g/mol. The zero-order valence-electron chi connectivity index (χ0n) is 8.53. The predicted molar refractivity (Wildman–Crippen MR) is 46.2 cm³/mol. The third-order valence-electron chi connectivity index (χ3n) is 1.87. The average molecular weight is 202 g/mol. The number of carbonyl (C=O) groups is 2. The average Bonchev–Trinajstić information content (AvgIpc) is 2.00. The van der Waals surface area contributed by atoms with E-state index in [4.69, 9.17) is 14.2 Å². The highest BCUT2D eigenvalue weighted by atomic mass is 16.7. The van der Waals surface area contributed by atoms with Crippen molar-refractivity contribution in [2.24, 2.45) is 5.92 Å². The van der Waals surface area contributed by atoms with Gasteiger partial charge in [0.25, 0.3) is 5.79 Å². The summed E-state index contributed by atoms with van der Waals surface area (Å²) in [4.78, 5) is 22.7. The first kappa shape index (κ1) is 11.0. The Bertz CT molecular complexity index is 226. The van der Waals surface area contributed by atoms with Gasteiger partial charge in [0.05, 0.1) is 0 Å². The van der Waals surface area contributed by atoms with Crippen LogP contribution in [0, 0.1) is 5.92 Å². The van der Waals surface area contributed by atoms with Crippen LogP contribution in [0.15, 0.2) is 0 Å². The quantitative estimate of drug-likeness (QED) is 0.492. The van der Waals surface area contributed by atoms with Crippen molar-refractivity contribution in [1.82, 2.24) is 0 Å². The Labute approximate surface area is 82.3 Å². The van der Waals surface area contributed by atoms with Crippen LogP contribution in [0.25, 0.3) is 0 Å². The molecular formula is C9H14O5. The molecule has 0 aromatic rings. The molecule has 0 radical (unpaired) electrons. The van der Waals surface area contributed by atoms with Crippen LogP contribution < -0.4 is 0 Å². The number of rotatable bonds is 3. The molecule has 1 heterocycles. The van der Waals surface area contributed by atoms with Crippen molar-refractivity contribution in [2.75, 3.05) is 13.7 Å². The summed E-state index contributed by atoms with van der Waals surface area (Å²) in [5.41, 5.74) is 0. The molecule has 80 valence electrons. The molecule has 0 amide bonds. The number of methoxy groups -OCH3 is 1. The molecule has 1 saturated heterocycles. The van der Waals surface area contributed by atoms with E-state index in [-0.39, 0.29) is 0 Å². The van der Waals surface area contributed by atoms with Gasteiger partial charge in [-0.25, -0.2) is 0 Å². The minimum atomic E-state index is -1.14. The Balaban J connectivity index is 2.62. The van der Waals surface area contributed by atoms with E-state index in [2.05, 4.69) is 0 Å². The van der Waals surface area contributed by atoms with Crippen molar-refractivity contribution in [3.8, 4) is 0 Å². The molecule has 14 heavy (non-hydrogen) atoms. The molecule has 0 aromatic heterocycles. The summed E-state index contributed by atoms with van der Waals surface area (Å²) in [7, 11) is 1.50. The van der Waals surface area contributed by atoms with Crippen LogP contribution in [-0.4, -0.2) is 31.4 Å². The SMILES string of the molecule is COCCC1C(=O)OC(C)(C)OC1=O. The van der Waals surface area contributed by atoms with Crippen LogP contribution in [0.1, 0.15) is 20.3 Å². The number of ether oxygens (including phenoxy) is 3. The molecule has 0 aromatic carbocycles. The van der Waals surface area contributed by atoms with Gasteiger partial charge in [-0.3, -0.25) is 9.59 Å². The summed E-state index contributed by atoms with van der Waals surface area (Å²) in [6, 6.07) is 0. The Morgan fingerprint density at radius 3 is 2.21 bits per heavy atom. The van der Waals surface area contributed by atoms with Crippen molar-refractivity contribution < 1.29 is 23.8 Å².